The van der Waals surface area contributed by atoms with Crippen molar-refractivity contribution in [2.45, 2.75) is 39.5 Å². The smallest absolute Gasteiger partial charge is 0.389 e. The van der Waals surface area contributed by atoms with Crippen molar-refractivity contribution in [1.29, 1.82) is 0 Å². The Hall–Kier alpha value is -2.20. The molecule has 1 N–H and O–H groups in total. The Kier molecular flexibility index (Phi) is 7.23. The van der Waals surface area contributed by atoms with E-state index in [0.717, 1.165) is 22.9 Å². The lowest BCUT2D eigenvalue weighted by molar-refractivity contribution is -0.141. The van der Waals surface area contributed by atoms with Crippen molar-refractivity contribution in [3.8, 4) is 5.69 Å². The van der Waals surface area contributed by atoms with Crippen molar-refractivity contribution in [3.05, 3.63) is 57.2 Å². The van der Waals surface area contributed by atoms with Gasteiger partial charge in [-0.2, -0.15) is 23.4 Å². The molecule has 0 fully saturated rings. The molecule has 29 heavy (non-hydrogen) atoms. The Morgan fingerprint density at radius 2 is 2.03 bits per heavy atom. The van der Waals surface area contributed by atoms with E-state index in [2.05, 4.69) is 32.8 Å². The van der Waals surface area contributed by atoms with E-state index < -0.39 is 23.8 Å². The maximum absolute atomic E-state index is 13.6. The van der Waals surface area contributed by atoms with Crippen molar-refractivity contribution in [3.63, 3.8) is 0 Å². The van der Waals surface area contributed by atoms with Crippen LogP contribution >= 0.6 is 15.9 Å². The SMILES string of the molecule is C=NN(CC)/C(Br)=C(\C)Cc1cc(C(F)(F)F)nn1-c1ccc(F)cc1C(C)O. The Bertz CT molecular complexity index is 921. The molecule has 0 saturated carbocycles. The van der Waals surface area contributed by atoms with Crippen molar-refractivity contribution in [2.24, 2.45) is 5.10 Å². The quantitative estimate of drug-likeness (QED) is 0.259. The van der Waals surface area contributed by atoms with Crippen molar-refractivity contribution in [2.75, 3.05) is 6.54 Å². The molecule has 0 aliphatic carbocycles. The predicted molar refractivity (Wildman–Crippen MR) is 106 cm³/mol. The van der Waals surface area contributed by atoms with E-state index in [4.69, 9.17) is 0 Å². The van der Waals surface area contributed by atoms with Crippen LogP contribution in [0.25, 0.3) is 5.69 Å². The minimum absolute atomic E-state index is 0.103. The fourth-order valence-corrected chi connectivity index (χ4v) is 3.31. The monoisotopic (exact) mass is 476 g/mol. The van der Waals surface area contributed by atoms with Crippen LogP contribution in [0.4, 0.5) is 17.6 Å². The highest BCUT2D eigenvalue weighted by atomic mass is 79.9. The zero-order valence-corrected chi connectivity index (χ0v) is 17.7. The minimum atomic E-state index is -4.65. The van der Waals surface area contributed by atoms with Crippen molar-refractivity contribution < 1.29 is 22.7 Å². The number of hydrogen-bond acceptors (Lipinski definition) is 4. The van der Waals surface area contributed by atoms with Gasteiger partial charge in [0.1, 0.15) is 10.4 Å². The Morgan fingerprint density at radius 1 is 1.38 bits per heavy atom. The maximum atomic E-state index is 13.6. The molecule has 1 aromatic carbocycles. The Morgan fingerprint density at radius 3 is 2.55 bits per heavy atom. The number of nitrogens with zero attached hydrogens (tertiary/aromatic N) is 4. The fraction of sp³-hybridized carbons (Fsp3) is 0.368. The lowest BCUT2D eigenvalue weighted by atomic mass is 10.1. The molecule has 0 bridgehead atoms. The number of halogens is 5. The Balaban J connectivity index is 2.64. The average Bonchev–Trinajstić information content (AvgIpc) is 3.06. The van der Waals surface area contributed by atoms with Gasteiger partial charge >= 0.3 is 6.18 Å². The molecule has 1 unspecified atom stereocenters. The van der Waals surface area contributed by atoms with Crippen LogP contribution in [0.2, 0.25) is 0 Å². The molecule has 2 rings (SSSR count). The predicted octanol–water partition coefficient (Wildman–Crippen LogP) is 5.19. The third kappa shape index (κ3) is 5.24. The van der Waals surface area contributed by atoms with Gasteiger partial charge in [-0.3, -0.25) is 5.01 Å². The summed E-state index contributed by atoms with van der Waals surface area (Å²) >= 11 is 3.39. The summed E-state index contributed by atoms with van der Waals surface area (Å²) in [6.45, 7) is 8.97. The van der Waals surface area contributed by atoms with E-state index in [1.54, 1.807) is 11.9 Å². The summed E-state index contributed by atoms with van der Waals surface area (Å²) in [4.78, 5) is 0. The molecule has 1 aromatic heterocycles. The second-order valence-electron chi connectivity index (χ2n) is 6.41. The van der Waals surface area contributed by atoms with Crippen LogP contribution in [0.1, 0.15) is 43.8 Å². The van der Waals surface area contributed by atoms with Crippen LogP contribution in [0.3, 0.4) is 0 Å². The molecule has 0 aliphatic heterocycles. The Labute approximate surface area is 174 Å². The number of aromatic nitrogens is 2. The van der Waals surface area contributed by atoms with Crippen molar-refractivity contribution >= 4 is 22.6 Å². The molecule has 1 heterocycles. The van der Waals surface area contributed by atoms with Gasteiger partial charge in [-0.05, 0) is 66.5 Å². The molecule has 0 saturated heterocycles. The van der Waals surface area contributed by atoms with E-state index in [-0.39, 0.29) is 23.4 Å². The van der Waals surface area contributed by atoms with Gasteiger partial charge in [0.25, 0.3) is 0 Å². The number of hydrogen-bond donors (Lipinski definition) is 1. The summed E-state index contributed by atoms with van der Waals surface area (Å²) in [6.07, 6.45) is -5.65. The standard InChI is InChI=1S/C19H21BrF4N4O/c1-5-27(25-4)18(20)11(2)8-14-10-17(19(22,23)24)26-28(14)16-7-6-13(21)9-15(16)12(3)29/h6-7,9-10,12,29H,4-5,8H2,1-3H3/b18-11+. The van der Waals surface area contributed by atoms with Gasteiger partial charge in [-0.1, -0.05) is 0 Å². The lowest BCUT2D eigenvalue weighted by Crippen LogP contribution is -2.14. The van der Waals surface area contributed by atoms with Crippen LogP contribution in [0.15, 0.2) is 39.5 Å². The number of aliphatic hydroxyl groups is 1. The van der Waals surface area contributed by atoms with E-state index in [0.29, 0.717) is 16.7 Å². The van der Waals surface area contributed by atoms with Gasteiger partial charge in [0.15, 0.2) is 5.69 Å². The fourth-order valence-electron chi connectivity index (χ4n) is 2.81. The molecule has 0 amide bonds. The van der Waals surface area contributed by atoms with Crippen LogP contribution in [-0.2, 0) is 12.6 Å². The molecular weight excluding hydrogens is 456 g/mol. The highest BCUT2D eigenvalue weighted by Gasteiger charge is 2.35. The van der Waals surface area contributed by atoms with Crippen LogP contribution in [0.5, 0.6) is 0 Å². The topological polar surface area (TPSA) is 53.7 Å². The molecule has 0 aliphatic rings. The molecule has 2 aromatic rings. The molecule has 0 spiro atoms. The number of allylic oxidation sites excluding steroid dienone is 1. The second kappa shape index (κ2) is 9.08. The molecule has 158 valence electrons. The number of benzene rings is 1. The van der Waals surface area contributed by atoms with Gasteiger partial charge in [-0.25, -0.2) is 9.07 Å². The first kappa shape index (κ1) is 23.1. The zero-order chi connectivity index (χ0) is 21.9. The molecular formula is C19H21BrF4N4O. The third-order valence-electron chi connectivity index (χ3n) is 4.24. The minimum Gasteiger partial charge on any atom is -0.389 e. The first-order chi connectivity index (χ1) is 13.5. The number of aliphatic hydroxyl groups excluding tert-OH is 1. The molecule has 5 nitrogen and oxygen atoms in total. The zero-order valence-electron chi connectivity index (χ0n) is 16.1. The van der Waals surface area contributed by atoms with Gasteiger partial charge in [0, 0.05) is 30.9 Å². The average molecular weight is 477 g/mol. The maximum Gasteiger partial charge on any atom is 0.435 e. The highest BCUT2D eigenvalue weighted by Crippen LogP contribution is 2.32. The van der Waals surface area contributed by atoms with Gasteiger partial charge in [0.05, 0.1) is 11.8 Å². The van der Waals surface area contributed by atoms with E-state index in [9.17, 15) is 22.7 Å². The largest absolute Gasteiger partial charge is 0.435 e. The summed E-state index contributed by atoms with van der Waals surface area (Å²) in [5.41, 5.74) is 0.137. The third-order valence-corrected chi connectivity index (χ3v) is 5.32. The number of hydrazone groups is 1. The summed E-state index contributed by atoms with van der Waals surface area (Å²) in [7, 11) is 0. The summed E-state index contributed by atoms with van der Waals surface area (Å²) in [5.74, 6) is -0.608. The van der Waals surface area contributed by atoms with Gasteiger partial charge < -0.3 is 5.11 Å². The normalized spacial score (nSPS) is 13.8. The molecule has 0 radical (unpaired) electrons. The van der Waals surface area contributed by atoms with Gasteiger partial charge in [-0.15, -0.1) is 0 Å². The summed E-state index contributed by atoms with van der Waals surface area (Å²) in [5, 5.41) is 19.1. The number of rotatable bonds is 7. The van der Waals surface area contributed by atoms with Crippen LogP contribution in [0, 0.1) is 5.82 Å². The summed E-state index contributed by atoms with van der Waals surface area (Å²) < 4.78 is 55.3. The first-order valence-electron chi connectivity index (χ1n) is 8.73. The van der Waals surface area contributed by atoms with E-state index in [1.807, 2.05) is 6.92 Å². The highest BCUT2D eigenvalue weighted by molar-refractivity contribution is 9.11. The van der Waals surface area contributed by atoms with E-state index in [1.165, 1.54) is 13.0 Å². The van der Waals surface area contributed by atoms with E-state index >= 15 is 0 Å². The lowest BCUT2D eigenvalue weighted by Gasteiger charge is -2.19. The molecule has 1 atom stereocenters. The first-order valence-corrected chi connectivity index (χ1v) is 9.52. The summed E-state index contributed by atoms with van der Waals surface area (Å²) in [6, 6.07) is 4.43. The molecule has 10 heteroatoms. The van der Waals surface area contributed by atoms with Crippen LogP contribution < -0.4 is 0 Å². The second-order valence-corrected chi connectivity index (χ2v) is 7.17. The van der Waals surface area contributed by atoms with Crippen LogP contribution in [-0.4, -0.2) is 33.2 Å². The number of alkyl halides is 3. The van der Waals surface area contributed by atoms with Gasteiger partial charge in [0.2, 0.25) is 0 Å². The van der Waals surface area contributed by atoms with Crippen molar-refractivity contribution in [1.82, 2.24) is 14.8 Å².